The summed E-state index contributed by atoms with van der Waals surface area (Å²) in [4.78, 5) is 24.3. The van der Waals surface area contributed by atoms with E-state index >= 15 is 0 Å². The summed E-state index contributed by atoms with van der Waals surface area (Å²) in [5.41, 5.74) is -1.15. The molecule has 1 aromatic carbocycles. The number of carbonyl (C=O) groups is 2. The summed E-state index contributed by atoms with van der Waals surface area (Å²) in [7, 11) is 0. The lowest BCUT2D eigenvalue weighted by molar-refractivity contribution is -0.131. The van der Waals surface area contributed by atoms with Gasteiger partial charge in [-0.3, -0.25) is 14.5 Å². The first-order valence-electron chi connectivity index (χ1n) is 6.34. The van der Waals surface area contributed by atoms with E-state index < -0.39 is 53.4 Å². The third kappa shape index (κ3) is 2.24. The minimum Gasteiger partial charge on any atom is -0.342 e. The van der Waals surface area contributed by atoms with Crippen LogP contribution in [0.5, 0.6) is 0 Å². The number of anilines is 1. The van der Waals surface area contributed by atoms with E-state index in [4.69, 9.17) is 0 Å². The van der Waals surface area contributed by atoms with Crippen LogP contribution in [-0.4, -0.2) is 24.4 Å². The van der Waals surface area contributed by atoms with Gasteiger partial charge >= 0.3 is 0 Å². The van der Waals surface area contributed by atoms with Crippen molar-refractivity contribution in [2.75, 3.05) is 11.4 Å². The Labute approximate surface area is 116 Å². The van der Waals surface area contributed by atoms with Crippen molar-refractivity contribution in [2.24, 2.45) is 5.92 Å². The van der Waals surface area contributed by atoms with Gasteiger partial charge in [0.1, 0.15) is 18.3 Å². The van der Waals surface area contributed by atoms with Crippen molar-refractivity contribution in [1.82, 2.24) is 5.32 Å². The number of carbonyl (C=O) groups excluding carboxylic acids is 2. The van der Waals surface area contributed by atoms with Crippen LogP contribution in [0.15, 0.2) is 6.07 Å². The molecule has 1 saturated heterocycles. The molecule has 3 rings (SSSR count). The number of nitrogens with zero attached hydrogens (tertiary/aromatic N) is 1. The van der Waals surface area contributed by atoms with E-state index in [0.717, 1.165) is 0 Å². The Kier molecular flexibility index (Phi) is 3.11. The van der Waals surface area contributed by atoms with E-state index in [1.165, 1.54) is 0 Å². The molecule has 1 aromatic rings. The lowest BCUT2D eigenvalue weighted by Gasteiger charge is -2.33. The molecule has 0 aromatic heterocycles. The van der Waals surface area contributed by atoms with Crippen LogP contribution >= 0.6 is 0 Å². The van der Waals surface area contributed by atoms with Gasteiger partial charge in [0.15, 0.2) is 23.3 Å². The first-order chi connectivity index (χ1) is 9.90. The third-order valence-electron chi connectivity index (χ3n) is 3.60. The highest BCUT2D eigenvalue weighted by Gasteiger charge is 2.44. The molecule has 0 radical (unpaired) electrons. The third-order valence-corrected chi connectivity index (χ3v) is 3.60. The van der Waals surface area contributed by atoms with E-state index in [1.54, 1.807) is 0 Å². The number of halogens is 4. The minimum atomic E-state index is -1.69. The van der Waals surface area contributed by atoms with Crippen LogP contribution < -0.4 is 10.2 Å². The minimum absolute atomic E-state index is 0.0566. The topological polar surface area (TPSA) is 49.4 Å². The summed E-state index contributed by atoms with van der Waals surface area (Å²) in [6.07, 6.45) is 1.40. The molecule has 0 bridgehead atoms. The summed E-state index contributed by atoms with van der Waals surface area (Å²) >= 11 is 0. The maximum Gasteiger partial charge on any atom is 0.250 e. The van der Waals surface area contributed by atoms with Gasteiger partial charge in [0.2, 0.25) is 11.8 Å². The van der Waals surface area contributed by atoms with Crippen molar-refractivity contribution in [3.63, 3.8) is 0 Å². The molecule has 1 aliphatic carbocycles. The van der Waals surface area contributed by atoms with Gasteiger partial charge in [-0.2, -0.15) is 0 Å². The van der Waals surface area contributed by atoms with Gasteiger partial charge in [0.25, 0.3) is 0 Å². The predicted molar refractivity (Wildman–Crippen MR) is 63.3 cm³/mol. The van der Waals surface area contributed by atoms with E-state index in [2.05, 4.69) is 5.32 Å². The maximum atomic E-state index is 13.8. The summed E-state index contributed by atoms with van der Waals surface area (Å²) in [6, 6.07) is -0.850. The van der Waals surface area contributed by atoms with Gasteiger partial charge in [-0.15, -0.1) is 0 Å². The first kappa shape index (κ1) is 13.8. The Morgan fingerprint density at radius 2 is 1.62 bits per heavy atom. The molecule has 2 amide bonds. The lowest BCUT2D eigenvalue weighted by Crippen LogP contribution is -2.59. The Morgan fingerprint density at radius 3 is 2.14 bits per heavy atom. The molecule has 4 nitrogen and oxygen atoms in total. The average molecular weight is 302 g/mol. The second kappa shape index (κ2) is 4.71. The number of amides is 2. The fraction of sp³-hybridized carbons (Fsp3) is 0.385. The number of hydrogen-bond donors (Lipinski definition) is 1. The standard InChI is InChI=1S/C13H10F4N2O2/c14-6-3-7(15)10(17)12(9(6)16)19-4-8(20)18-11(13(19)21)5-1-2-5/h3,5,11H,1-2,4H2,(H,18,20). The number of nitrogens with one attached hydrogen (secondary N) is 1. The molecule has 2 fully saturated rings. The zero-order valence-corrected chi connectivity index (χ0v) is 10.6. The van der Waals surface area contributed by atoms with E-state index in [0.29, 0.717) is 17.7 Å². The van der Waals surface area contributed by atoms with Gasteiger partial charge in [-0.1, -0.05) is 0 Å². The van der Waals surface area contributed by atoms with Crippen molar-refractivity contribution >= 4 is 17.5 Å². The molecular weight excluding hydrogens is 292 g/mol. The molecule has 1 N–H and O–H groups in total. The molecule has 2 aliphatic rings. The molecule has 1 atom stereocenters. The van der Waals surface area contributed by atoms with Crippen molar-refractivity contribution in [1.29, 1.82) is 0 Å². The summed E-state index contributed by atoms with van der Waals surface area (Å²) < 4.78 is 54.0. The molecule has 21 heavy (non-hydrogen) atoms. The second-order valence-corrected chi connectivity index (χ2v) is 5.12. The normalized spacial score (nSPS) is 22.5. The highest BCUT2D eigenvalue weighted by atomic mass is 19.2. The number of piperazine rings is 1. The smallest absolute Gasteiger partial charge is 0.250 e. The Hall–Kier alpha value is -2.12. The molecule has 1 aliphatic heterocycles. The van der Waals surface area contributed by atoms with Gasteiger partial charge < -0.3 is 5.32 Å². The first-order valence-corrected chi connectivity index (χ1v) is 6.34. The van der Waals surface area contributed by atoms with Gasteiger partial charge in [0.05, 0.1) is 0 Å². The van der Waals surface area contributed by atoms with Crippen molar-refractivity contribution in [2.45, 2.75) is 18.9 Å². The Balaban J connectivity index is 2.06. The van der Waals surface area contributed by atoms with Gasteiger partial charge in [-0.25, -0.2) is 17.6 Å². The van der Waals surface area contributed by atoms with Gasteiger partial charge in [-0.05, 0) is 18.8 Å². The van der Waals surface area contributed by atoms with Crippen LogP contribution in [0, 0.1) is 29.2 Å². The number of rotatable bonds is 2. The predicted octanol–water partition coefficient (Wildman–Crippen LogP) is 1.48. The van der Waals surface area contributed by atoms with Crippen LogP contribution in [0.4, 0.5) is 23.2 Å². The summed E-state index contributed by atoms with van der Waals surface area (Å²) in [6.45, 7) is -0.682. The zero-order chi connectivity index (χ0) is 15.3. The quantitative estimate of drug-likeness (QED) is 0.664. The second-order valence-electron chi connectivity index (χ2n) is 5.12. The number of benzene rings is 1. The molecule has 1 heterocycles. The van der Waals surface area contributed by atoms with E-state index in [1.807, 2.05) is 0 Å². The molecule has 112 valence electrons. The Bertz CT molecular complexity index is 619. The van der Waals surface area contributed by atoms with Crippen LogP contribution in [0.25, 0.3) is 0 Å². The van der Waals surface area contributed by atoms with Crippen LogP contribution in [-0.2, 0) is 9.59 Å². The van der Waals surface area contributed by atoms with Crippen molar-refractivity contribution in [3.05, 3.63) is 29.3 Å². The van der Waals surface area contributed by atoms with Crippen molar-refractivity contribution in [3.8, 4) is 0 Å². The van der Waals surface area contributed by atoms with E-state index in [9.17, 15) is 27.2 Å². The molecule has 1 unspecified atom stereocenters. The lowest BCUT2D eigenvalue weighted by atomic mass is 10.1. The highest BCUT2D eigenvalue weighted by molar-refractivity contribution is 6.07. The maximum absolute atomic E-state index is 13.8. The van der Waals surface area contributed by atoms with Crippen molar-refractivity contribution < 1.29 is 27.2 Å². The SMILES string of the molecule is O=C1CN(c2c(F)c(F)cc(F)c2F)C(=O)C(C2CC2)N1. The van der Waals surface area contributed by atoms with Gasteiger partial charge in [0, 0.05) is 6.07 Å². The molecular formula is C13H10F4N2O2. The monoisotopic (exact) mass is 302 g/mol. The summed E-state index contributed by atoms with van der Waals surface area (Å²) in [5.74, 6) is -8.11. The van der Waals surface area contributed by atoms with Crippen LogP contribution in [0.2, 0.25) is 0 Å². The summed E-state index contributed by atoms with van der Waals surface area (Å²) in [5, 5.41) is 2.43. The Morgan fingerprint density at radius 1 is 1.05 bits per heavy atom. The fourth-order valence-corrected chi connectivity index (χ4v) is 2.41. The molecule has 1 saturated carbocycles. The molecule has 8 heteroatoms. The fourth-order valence-electron chi connectivity index (χ4n) is 2.41. The van der Waals surface area contributed by atoms with E-state index in [-0.39, 0.29) is 12.0 Å². The zero-order valence-electron chi connectivity index (χ0n) is 10.6. The number of hydrogen-bond acceptors (Lipinski definition) is 2. The van der Waals surface area contributed by atoms with Crippen LogP contribution in [0.1, 0.15) is 12.8 Å². The largest absolute Gasteiger partial charge is 0.342 e. The highest BCUT2D eigenvalue weighted by Crippen LogP contribution is 2.36. The average Bonchev–Trinajstić information content (AvgIpc) is 3.24. The van der Waals surface area contributed by atoms with Crippen LogP contribution in [0.3, 0.4) is 0 Å². The molecule has 0 spiro atoms.